The van der Waals surface area contributed by atoms with Crippen molar-refractivity contribution in [1.29, 1.82) is 0 Å². The van der Waals surface area contributed by atoms with Gasteiger partial charge in [0, 0.05) is 18.8 Å². The van der Waals surface area contributed by atoms with Gasteiger partial charge in [-0.05, 0) is 34.1 Å². The summed E-state index contributed by atoms with van der Waals surface area (Å²) in [5.41, 5.74) is 0.936. The largest absolute Gasteiger partial charge is 0.364 e. The van der Waals surface area contributed by atoms with E-state index in [9.17, 15) is 4.39 Å². The lowest BCUT2D eigenvalue weighted by atomic mass is 10.3. The van der Waals surface area contributed by atoms with Gasteiger partial charge in [-0.2, -0.15) is 0 Å². The highest BCUT2D eigenvalue weighted by molar-refractivity contribution is 9.10. The van der Waals surface area contributed by atoms with E-state index in [0.29, 0.717) is 4.47 Å². The van der Waals surface area contributed by atoms with Crippen molar-refractivity contribution < 1.29 is 4.39 Å². The van der Waals surface area contributed by atoms with E-state index in [1.165, 1.54) is 0 Å². The van der Waals surface area contributed by atoms with Crippen LogP contribution in [-0.4, -0.2) is 13.1 Å². The number of hydrogen-bond donors (Lipinski definition) is 0. The number of nitrogens with zero attached hydrogens (tertiary/aromatic N) is 1. The van der Waals surface area contributed by atoms with Crippen molar-refractivity contribution in [3.63, 3.8) is 0 Å². The first-order chi connectivity index (χ1) is 6.27. The Labute approximate surface area is 85.0 Å². The van der Waals surface area contributed by atoms with Gasteiger partial charge in [0.15, 0.2) is 0 Å². The Morgan fingerprint density at radius 1 is 1.23 bits per heavy atom. The van der Waals surface area contributed by atoms with Crippen LogP contribution in [0.3, 0.4) is 0 Å². The fourth-order valence-corrected chi connectivity index (χ4v) is 1.62. The maximum Gasteiger partial charge on any atom is 0.139 e. The van der Waals surface area contributed by atoms with Crippen molar-refractivity contribution in [3.05, 3.63) is 40.6 Å². The molecule has 0 N–H and O–H groups in total. The Morgan fingerprint density at radius 3 is 2.54 bits per heavy atom. The van der Waals surface area contributed by atoms with Gasteiger partial charge in [-0.25, -0.2) is 4.39 Å². The summed E-state index contributed by atoms with van der Waals surface area (Å²) in [5, 5.41) is 0. The van der Waals surface area contributed by atoms with E-state index >= 15 is 0 Å². The van der Waals surface area contributed by atoms with Gasteiger partial charge in [-0.1, -0.05) is 12.2 Å². The number of rotatable bonds is 1. The lowest BCUT2D eigenvalue weighted by Gasteiger charge is -2.17. The lowest BCUT2D eigenvalue weighted by Crippen LogP contribution is -2.18. The molecule has 0 unspecified atom stereocenters. The van der Waals surface area contributed by atoms with Crippen molar-refractivity contribution in [2.75, 3.05) is 18.0 Å². The Kier molecular flexibility index (Phi) is 2.36. The summed E-state index contributed by atoms with van der Waals surface area (Å²) in [4.78, 5) is 2.11. The van der Waals surface area contributed by atoms with E-state index in [-0.39, 0.29) is 5.82 Å². The number of anilines is 1. The molecule has 1 aromatic carbocycles. The van der Waals surface area contributed by atoms with Gasteiger partial charge in [-0.15, -0.1) is 0 Å². The lowest BCUT2D eigenvalue weighted by molar-refractivity contribution is 0.620. The highest BCUT2D eigenvalue weighted by atomic mass is 79.9. The molecule has 13 heavy (non-hydrogen) atoms. The van der Waals surface area contributed by atoms with Crippen LogP contribution in [0.1, 0.15) is 0 Å². The van der Waals surface area contributed by atoms with E-state index in [2.05, 4.69) is 33.0 Å². The smallest absolute Gasteiger partial charge is 0.139 e. The van der Waals surface area contributed by atoms with Gasteiger partial charge in [0.25, 0.3) is 0 Å². The minimum Gasteiger partial charge on any atom is -0.364 e. The maximum atomic E-state index is 13.1. The second-order valence-corrected chi connectivity index (χ2v) is 3.83. The predicted octanol–water partition coefficient (Wildman–Crippen LogP) is 2.96. The van der Waals surface area contributed by atoms with Crippen molar-refractivity contribution in [2.45, 2.75) is 0 Å². The average Bonchev–Trinajstić information content (AvgIpc) is 2.62. The molecule has 3 heteroatoms. The fraction of sp³-hybridized carbons (Fsp3) is 0.200. The highest BCUT2D eigenvalue weighted by Gasteiger charge is 2.09. The summed E-state index contributed by atoms with van der Waals surface area (Å²) in [5.74, 6) is -0.204. The Bertz CT molecular complexity index is 341. The standard InChI is InChI=1S/C10H9BrFN/c11-9-4-3-8(7-10(9)12)13-5-1-2-6-13/h1-4,7H,5-6H2. The summed E-state index contributed by atoms with van der Waals surface area (Å²) in [7, 11) is 0. The van der Waals surface area contributed by atoms with Gasteiger partial charge in [-0.3, -0.25) is 0 Å². The molecule has 0 amide bonds. The molecule has 0 aliphatic carbocycles. The molecule has 0 radical (unpaired) electrons. The second-order valence-electron chi connectivity index (χ2n) is 2.97. The molecule has 1 heterocycles. The first kappa shape index (κ1) is 8.75. The van der Waals surface area contributed by atoms with Gasteiger partial charge in [0.1, 0.15) is 5.82 Å². The molecule has 1 aliphatic rings. The molecule has 68 valence electrons. The molecule has 0 fully saturated rings. The molecule has 1 nitrogen and oxygen atoms in total. The van der Waals surface area contributed by atoms with Crippen LogP contribution in [0.15, 0.2) is 34.8 Å². The van der Waals surface area contributed by atoms with Crippen molar-refractivity contribution in [2.24, 2.45) is 0 Å². The van der Waals surface area contributed by atoms with Gasteiger partial charge < -0.3 is 4.90 Å². The quantitative estimate of drug-likeness (QED) is 0.684. The van der Waals surface area contributed by atoms with Crippen molar-refractivity contribution in [3.8, 4) is 0 Å². The normalized spacial score (nSPS) is 15.4. The summed E-state index contributed by atoms with van der Waals surface area (Å²) in [6.45, 7) is 1.75. The van der Waals surface area contributed by atoms with Crippen molar-refractivity contribution in [1.82, 2.24) is 0 Å². The minimum atomic E-state index is -0.204. The van der Waals surface area contributed by atoms with E-state index in [1.807, 2.05) is 6.07 Å². The third kappa shape index (κ3) is 1.75. The predicted molar refractivity (Wildman–Crippen MR) is 55.5 cm³/mol. The van der Waals surface area contributed by atoms with Crippen LogP contribution in [0.5, 0.6) is 0 Å². The number of benzene rings is 1. The SMILES string of the molecule is Fc1cc(N2CC=CC2)ccc1Br. The monoisotopic (exact) mass is 241 g/mol. The molecule has 1 aromatic rings. The van der Waals surface area contributed by atoms with E-state index in [4.69, 9.17) is 0 Å². The van der Waals surface area contributed by atoms with Crippen molar-refractivity contribution >= 4 is 21.6 Å². The zero-order valence-corrected chi connectivity index (χ0v) is 8.59. The van der Waals surface area contributed by atoms with Crippen LogP contribution >= 0.6 is 15.9 Å². The zero-order valence-electron chi connectivity index (χ0n) is 7.00. The third-order valence-electron chi connectivity index (χ3n) is 2.09. The van der Waals surface area contributed by atoms with Crippen LogP contribution in [0.25, 0.3) is 0 Å². The highest BCUT2D eigenvalue weighted by Crippen LogP contribution is 2.23. The van der Waals surface area contributed by atoms with Gasteiger partial charge in [0.2, 0.25) is 0 Å². The van der Waals surface area contributed by atoms with Crippen LogP contribution in [0.2, 0.25) is 0 Å². The number of halogens is 2. The topological polar surface area (TPSA) is 3.24 Å². The second kappa shape index (κ2) is 3.50. The van der Waals surface area contributed by atoms with Crippen LogP contribution in [0, 0.1) is 5.82 Å². The molecule has 0 atom stereocenters. The molecule has 0 spiro atoms. The zero-order chi connectivity index (χ0) is 9.26. The Hall–Kier alpha value is -0.830. The van der Waals surface area contributed by atoms with Gasteiger partial charge in [0.05, 0.1) is 4.47 Å². The molecule has 0 saturated carbocycles. The van der Waals surface area contributed by atoms with Crippen LogP contribution in [-0.2, 0) is 0 Å². The number of hydrogen-bond acceptors (Lipinski definition) is 1. The van der Waals surface area contributed by atoms with E-state index in [1.54, 1.807) is 12.1 Å². The fourth-order valence-electron chi connectivity index (χ4n) is 1.37. The summed E-state index contributed by atoms with van der Waals surface area (Å²) in [6, 6.07) is 5.21. The van der Waals surface area contributed by atoms with Crippen LogP contribution < -0.4 is 4.90 Å². The van der Waals surface area contributed by atoms with Crippen LogP contribution in [0.4, 0.5) is 10.1 Å². The molecular formula is C10H9BrFN. The molecule has 2 rings (SSSR count). The van der Waals surface area contributed by atoms with E-state index < -0.39 is 0 Å². The first-order valence-corrected chi connectivity index (χ1v) is 4.91. The summed E-state index contributed by atoms with van der Waals surface area (Å²) < 4.78 is 13.7. The summed E-state index contributed by atoms with van der Waals surface area (Å²) >= 11 is 3.13. The maximum absolute atomic E-state index is 13.1. The molecule has 1 aliphatic heterocycles. The Morgan fingerprint density at radius 2 is 1.92 bits per heavy atom. The molecule has 0 aromatic heterocycles. The van der Waals surface area contributed by atoms with E-state index in [0.717, 1.165) is 18.8 Å². The minimum absolute atomic E-state index is 0.204. The van der Waals surface area contributed by atoms with Gasteiger partial charge >= 0.3 is 0 Å². The Balaban J connectivity index is 2.26. The average molecular weight is 242 g/mol. The first-order valence-electron chi connectivity index (χ1n) is 4.12. The summed E-state index contributed by atoms with van der Waals surface area (Å²) in [6.07, 6.45) is 4.17. The molecular weight excluding hydrogens is 233 g/mol. The molecule has 0 saturated heterocycles. The molecule has 0 bridgehead atoms. The third-order valence-corrected chi connectivity index (χ3v) is 2.73.